The van der Waals surface area contributed by atoms with E-state index in [2.05, 4.69) is 36.5 Å². The number of benzene rings is 2. The zero-order valence-corrected chi connectivity index (χ0v) is 12.5. The van der Waals surface area contributed by atoms with Crippen molar-refractivity contribution in [2.24, 2.45) is 0 Å². The van der Waals surface area contributed by atoms with Gasteiger partial charge in [-0.3, -0.25) is 0 Å². The average molecular weight is 292 g/mol. The molecule has 1 unspecified atom stereocenters. The van der Waals surface area contributed by atoms with Gasteiger partial charge in [0.15, 0.2) is 0 Å². The van der Waals surface area contributed by atoms with Gasteiger partial charge in [0, 0.05) is 16.6 Å². The highest BCUT2D eigenvalue weighted by Gasteiger charge is 2.14. The number of aryl methyl sites for hydroxylation is 2. The Morgan fingerprint density at radius 1 is 1.15 bits per heavy atom. The molecule has 0 spiro atoms. The van der Waals surface area contributed by atoms with E-state index in [1.165, 1.54) is 17.2 Å². The average Bonchev–Trinajstić information content (AvgIpc) is 2.43. The first-order valence-electron chi connectivity index (χ1n) is 6.78. The van der Waals surface area contributed by atoms with Gasteiger partial charge in [-0.25, -0.2) is 4.39 Å². The van der Waals surface area contributed by atoms with Crippen molar-refractivity contribution in [3.05, 3.63) is 70.0 Å². The van der Waals surface area contributed by atoms with Crippen LogP contribution in [-0.2, 0) is 6.42 Å². The van der Waals surface area contributed by atoms with Crippen LogP contribution in [0, 0.1) is 12.7 Å². The molecule has 0 saturated heterocycles. The lowest BCUT2D eigenvalue weighted by molar-refractivity contribution is 0.509. The van der Waals surface area contributed by atoms with Gasteiger partial charge in [0.25, 0.3) is 0 Å². The quantitative estimate of drug-likeness (QED) is 0.843. The maximum atomic E-state index is 13.9. The number of hydrogen-bond acceptors (Lipinski definition) is 1. The van der Waals surface area contributed by atoms with Gasteiger partial charge in [0.2, 0.25) is 0 Å². The molecule has 1 N–H and O–H groups in total. The summed E-state index contributed by atoms with van der Waals surface area (Å²) in [6, 6.07) is 13.3. The molecule has 2 rings (SSSR count). The molecule has 0 fully saturated rings. The van der Waals surface area contributed by atoms with Crippen LogP contribution in [0.3, 0.4) is 0 Å². The molecule has 2 aromatic rings. The summed E-state index contributed by atoms with van der Waals surface area (Å²) in [5.41, 5.74) is 3.19. The Hall–Kier alpha value is -1.38. The van der Waals surface area contributed by atoms with Gasteiger partial charge in [0.05, 0.1) is 0 Å². The zero-order valence-electron chi connectivity index (χ0n) is 11.8. The second-order valence-corrected chi connectivity index (χ2v) is 5.47. The van der Waals surface area contributed by atoms with E-state index in [-0.39, 0.29) is 11.9 Å². The Bertz CT molecular complexity index is 566. The third-order valence-electron chi connectivity index (χ3n) is 3.53. The number of nitrogens with one attached hydrogen (secondary N) is 1. The van der Waals surface area contributed by atoms with Gasteiger partial charge < -0.3 is 5.32 Å². The summed E-state index contributed by atoms with van der Waals surface area (Å²) in [6.45, 7) is 2.07. The van der Waals surface area contributed by atoms with Crippen LogP contribution in [0.5, 0.6) is 0 Å². The molecular weight excluding hydrogens is 273 g/mol. The highest BCUT2D eigenvalue weighted by molar-refractivity contribution is 6.30. The molecule has 0 saturated carbocycles. The summed E-state index contributed by atoms with van der Waals surface area (Å²) in [6.07, 6.45) is 1.76. The standard InChI is InChI=1S/C17H19ClFN/c1-12-3-5-13(6-4-12)7-10-17(20-2)15-9-8-14(18)11-16(15)19/h3-6,8-9,11,17,20H,7,10H2,1-2H3. The van der Waals surface area contributed by atoms with Crippen molar-refractivity contribution < 1.29 is 4.39 Å². The molecule has 0 aliphatic heterocycles. The van der Waals surface area contributed by atoms with Gasteiger partial charge in [-0.15, -0.1) is 0 Å². The Labute approximate surface area is 124 Å². The van der Waals surface area contributed by atoms with Crippen molar-refractivity contribution in [1.29, 1.82) is 0 Å². The highest BCUT2D eigenvalue weighted by Crippen LogP contribution is 2.24. The highest BCUT2D eigenvalue weighted by atomic mass is 35.5. The number of hydrogen-bond donors (Lipinski definition) is 1. The maximum Gasteiger partial charge on any atom is 0.129 e. The fourth-order valence-corrected chi connectivity index (χ4v) is 2.46. The Morgan fingerprint density at radius 2 is 1.85 bits per heavy atom. The summed E-state index contributed by atoms with van der Waals surface area (Å²) in [7, 11) is 1.86. The summed E-state index contributed by atoms with van der Waals surface area (Å²) in [4.78, 5) is 0. The van der Waals surface area contributed by atoms with E-state index < -0.39 is 0 Å². The predicted molar refractivity (Wildman–Crippen MR) is 82.7 cm³/mol. The third-order valence-corrected chi connectivity index (χ3v) is 3.76. The van der Waals surface area contributed by atoms with Crippen LogP contribution in [0.25, 0.3) is 0 Å². The molecule has 0 aliphatic carbocycles. The Balaban J connectivity index is 2.07. The monoisotopic (exact) mass is 291 g/mol. The van der Waals surface area contributed by atoms with Crippen molar-refractivity contribution in [3.63, 3.8) is 0 Å². The van der Waals surface area contributed by atoms with Crippen LogP contribution in [-0.4, -0.2) is 7.05 Å². The molecule has 0 aromatic heterocycles. The third kappa shape index (κ3) is 3.81. The van der Waals surface area contributed by atoms with Crippen molar-refractivity contribution in [2.75, 3.05) is 7.05 Å². The second-order valence-electron chi connectivity index (χ2n) is 5.03. The minimum absolute atomic E-state index is 0.00595. The van der Waals surface area contributed by atoms with Gasteiger partial charge >= 0.3 is 0 Å². The first-order chi connectivity index (χ1) is 9.60. The van der Waals surface area contributed by atoms with Crippen molar-refractivity contribution in [2.45, 2.75) is 25.8 Å². The normalized spacial score (nSPS) is 12.4. The number of halogens is 2. The summed E-state index contributed by atoms with van der Waals surface area (Å²) >= 11 is 5.79. The molecule has 0 bridgehead atoms. The zero-order chi connectivity index (χ0) is 14.5. The Morgan fingerprint density at radius 3 is 2.45 bits per heavy atom. The molecule has 106 valence electrons. The van der Waals surface area contributed by atoms with E-state index in [0.717, 1.165) is 12.8 Å². The first-order valence-corrected chi connectivity index (χ1v) is 7.15. The molecule has 0 heterocycles. The van der Waals surface area contributed by atoms with E-state index in [1.54, 1.807) is 12.1 Å². The van der Waals surface area contributed by atoms with Gasteiger partial charge in [-0.2, -0.15) is 0 Å². The van der Waals surface area contributed by atoms with Crippen LogP contribution in [0.2, 0.25) is 5.02 Å². The maximum absolute atomic E-state index is 13.9. The van der Waals surface area contributed by atoms with Gasteiger partial charge in [-0.05, 0) is 44.5 Å². The minimum atomic E-state index is -0.249. The SMILES string of the molecule is CNC(CCc1ccc(C)cc1)c1ccc(Cl)cc1F. The van der Waals surface area contributed by atoms with E-state index in [0.29, 0.717) is 10.6 Å². The van der Waals surface area contributed by atoms with Crippen LogP contribution >= 0.6 is 11.6 Å². The van der Waals surface area contributed by atoms with E-state index >= 15 is 0 Å². The van der Waals surface area contributed by atoms with E-state index in [1.807, 2.05) is 7.05 Å². The van der Waals surface area contributed by atoms with Crippen molar-refractivity contribution >= 4 is 11.6 Å². The van der Waals surface area contributed by atoms with Gasteiger partial charge in [-0.1, -0.05) is 47.5 Å². The fourth-order valence-electron chi connectivity index (χ4n) is 2.31. The lowest BCUT2D eigenvalue weighted by Crippen LogP contribution is -2.18. The summed E-state index contributed by atoms with van der Waals surface area (Å²) in [5, 5.41) is 3.61. The predicted octanol–water partition coefficient (Wildman–Crippen LogP) is 4.68. The van der Waals surface area contributed by atoms with Crippen LogP contribution in [0.1, 0.15) is 29.2 Å². The smallest absolute Gasteiger partial charge is 0.129 e. The van der Waals surface area contributed by atoms with Crippen molar-refractivity contribution in [3.8, 4) is 0 Å². The molecule has 0 aliphatic rings. The molecule has 20 heavy (non-hydrogen) atoms. The van der Waals surface area contributed by atoms with Gasteiger partial charge in [0.1, 0.15) is 5.82 Å². The molecule has 0 radical (unpaired) electrons. The van der Waals surface area contributed by atoms with Crippen molar-refractivity contribution in [1.82, 2.24) is 5.32 Å². The molecular formula is C17H19ClFN. The van der Waals surface area contributed by atoms with Crippen LogP contribution < -0.4 is 5.32 Å². The number of rotatable bonds is 5. The molecule has 3 heteroatoms. The molecule has 0 amide bonds. The topological polar surface area (TPSA) is 12.0 Å². The molecule has 1 atom stereocenters. The molecule has 2 aromatic carbocycles. The summed E-state index contributed by atoms with van der Waals surface area (Å²) < 4.78 is 13.9. The largest absolute Gasteiger partial charge is 0.313 e. The summed E-state index contributed by atoms with van der Waals surface area (Å²) in [5.74, 6) is -0.249. The Kier molecular flexibility index (Phi) is 5.16. The fraction of sp³-hybridized carbons (Fsp3) is 0.294. The first kappa shape index (κ1) is 15.0. The van der Waals surface area contributed by atoms with E-state index in [4.69, 9.17) is 11.6 Å². The van der Waals surface area contributed by atoms with Crippen LogP contribution in [0.4, 0.5) is 4.39 Å². The lowest BCUT2D eigenvalue weighted by atomic mass is 9.98. The minimum Gasteiger partial charge on any atom is -0.313 e. The second kappa shape index (κ2) is 6.87. The van der Waals surface area contributed by atoms with E-state index in [9.17, 15) is 4.39 Å². The lowest BCUT2D eigenvalue weighted by Gasteiger charge is -2.17. The molecule has 1 nitrogen and oxygen atoms in total. The van der Waals surface area contributed by atoms with Crippen LogP contribution in [0.15, 0.2) is 42.5 Å².